The van der Waals surface area contributed by atoms with Gasteiger partial charge in [-0.05, 0) is 67.5 Å². The zero-order valence-electron chi connectivity index (χ0n) is 22.8. The number of ether oxygens (including phenoxy) is 1. The highest BCUT2D eigenvalue weighted by atomic mass is 16.5. The van der Waals surface area contributed by atoms with Gasteiger partial charge in [-0.15, -0.1) is 0 Å². The molecule has 1 aliphatic heterocycles. The van der Waals surface area contributed by atoms with Crippen molar-refractivity contribution in [1.29, 1.82) is 0 Å². The monoisotopic (exact) mass is 523 g/mol. The van der Waals surface area contributed by atoms with Crippen LogP contribution in [-0.2, 0) is 9.53 Å². The van der Waals surface area contributed by atoms with Crippen LogP contribution in [-0.4, -0.2) is 34.8 Å². The SMILES string of the molecule is CCOC(=O)C(c1ccccc1)C1CCN(c2ccc(-n3ccn(C(CC)c4ccccc4)c3=O)cc2)CC1. The maximum atomic E-state index is 13.3. The van der Waals surface area contributed by atoms with Crippen LogP contribution in [0.4, 0.5) is 5.69 Å². The molecule has 0 radical (unpaired) electrons. The molecule has 6 nitrogen and oxygen atoms in total. The van der Waals surface area contributed by atoms with Gasteiger partial charge in [0.1, 0.15) is 0 Å². The van der Waals surface area contributed by atoms with Crippen LogP contribution < -0.4 is 10.6 Å². The molecule has 5 rings (SSSR count). The summed E-state index contributed by atoms with van der Waals surface area (Å²) in [4.78, 5) is 28.6. The highest BCUT2D eigenvalue weighted by Gasteiger charge is 2.33. The second kappa shape index (κ2) is 12.2. The molecule has 2 heterocycles. The second-order valence-electron chi connectivity index (χ2n) is 10.2. The Kier molecular flexibility index (Phi) is 8.30. The van der Waals surface area contributed by atoms with Crippen LogP contribution in [0.3, 0.4) is 0 Å². The summed E-state index contributed by atoms with van der Waals surface area (Å²) in [5.74, 6) is -0.104. The van der Waals surface area contributed by atoms with E-state index in [2.05, 4.69) is 36.1 Å². The third kappa shape index (κ3) is 5.70. The van der Waals surface area contributed by atoms with Crippen LogP contribution in [0, 0.1) is 5.92 Å². The summed E-state index contributed by atoms with van der Waals surface area (Å²) in [6.45, 7) is 6.11. The fraction of sp³-hybridized carbons (Fsp3) is 0.333. The lowest BCUT2D eigenvalue weighted by molar-refractivity contribution is -0.146. The van der Waals surface area contributed by atoms with Gasteiger partial charge in [-0.25, -0.2) is 4.79 Å². The first-order valence-corrected chi connectivity index (χ1v) is 14.0. The van der Waals surface area contributed by atoms with Gasteiger partial charge in [0.05, 0.1) is 24.3 Å². The summed E-state index contributed by atoms with van der Waals surface area (Å²) < 4.78 is 8.99. The molecule has 0 aliphatic carbocycles. The molecule has 1 aromatic heterocycles. The third-order valence-corrected chi connectivity index (χ3v) is 7.91. The van der Waals surface area contributed by atoms with Crippen molar-refractivity contribution in [2.75, 3.05) is 24.6 Å². The van der Waals surface area contributed by atoms with Crippen molar-refractivity contribution in [2.45, 2.75) is 45.1 Å². The smallest absolute Gasteiger partial charge is 0.333 e. The molecule has 2 unspecified atom stereocenters. The van der Waals surface area contributed by atoms with Crippen LogP contribution >= 0.6 is 0 Å². The minimum Gasteiger partial charge on any atom is -0.466 e. The Morgan fingerprint density at radius 1 is 0.821 bits per heavy atom. The number of esters is 1. The highest BCUT2D eigenvalue weighted by molar-refractivity contribution is 5.78. The molecular weight excluding hydrogens is 486 g/mol. The largest absolute Gasteiger partial charge is 0.466 e. The lowest BCUT2D eigenvalue weighted by atomic mass is 9.80. The van der Waals surface area contributed by atoms with Crippen LogP contribution in [0.1, 0.15) is 56.2 Å². The highest BCUT2D eigenvalue weighted by Crippen LogP contribution is 2.35. The van der Waals surface area contributed by atoms with E-state index < -0.39 is 0 Å². The fourth-order valence-electron chi connectivity index (χ4n) is 5.90. The number of nitrogens with zero attached hydrogens (tertiary/aromatic N) is 3. The second-order valence-corrected chi connectivity index (χ2v) is 10.2. The molecule has 0 bridgehead atoms. The van der Waals surface area contributed by atoms with Crippen molar-refractivity contribution in [2.24, 2.45) is 5.92 Å². The van der Waals surface area contributed by atoms with Crippen molar-refractivity contribution >= 4 is 11.7 Å². The summed E-state index contributed by atoms with van der Waals surface area (Å²) in [5.41, 5.74) is 4.12. The minimum atomic E-state index is -0.227. The molecule has 2 atom stereocenters. The van der Waals surface area contributed by atoms with E-state index in [0.29, 0.717) is 6.61 Å². The molecule has 202 valence electrons. The Hall–Kier alpha value is -4.06. The predicted octanol–water partition coefficient (Wildman–Crippen LogP) is 6.20. The Morgan fingerprint density at radius 2 is 1.41 bits per heavy atom. The Bertz CT molecular complexity index is 1400. The molecular formula is C33H37N3O3. The van der Waals surface area contributed by atoms with Gasteiger partial charge in [-0.2, -0.15) is 0 Å². The van der Waals surface area contributed by atoms with Gasteiger partial charge in [0.15, 0.2) is 0 Å². The van der Waals surface area contributed by atoms with Gasteiger partial charge in [0.25, 0.3) is 0 Å². The fourth-order valence-corrected chi connectivity index (χ4v) is 5.90. The number of anilines is 1. The molecule has 0 amide bonds. The average molecular weight is 524 g/mol. The van der Waals surface area contributed by atoms with Gasteiger partial charge in [0.2, 0.25) is 0 Å². The Balaban J connectivity index is 1.28. The van der Waals surface area contributed by atoms with Crippen molar-refractivity contribution in [3.63, 3.8) is 0 Å². The van der Waals surface area contributed by atoms with E-state index in [4.69, 9.17) is 4.74 Å². The van der Waals surface area contributed by atoms with Crippen LogP contribution in [0.2, 0.25) is 0 Å². The first-order valence-electron chi connectivity index (χ1n) is 14.0. The summed E-state index contributed by atoms with van der Waals surface area (Å²) in [6.07, 6.45) is 6.41. The van der Waals surface area contributed by atoms with Gasteiger partial charge >= 0.3 is 11.7 Å². The number of hydrogen-bond acceptors (Lipinski definition) is 4. The molecule has 0 saturated carbocycles. The number of aromatic nitrogens is 2. The number of benzene rings is 3. The first kappa shape index (κ1) is 26.5. The Labute approximate surface area is 230 Å². The first-order chi connectivity index (χ1) is 19.1. The van der Waals surface area contributed by atoms with E-state index in [1.807, 2.05) is 84.5 Å². The van der Waals surface area contributed by atoms with Crippen molar-refractivity contribution in [3.8, 4) is 5.69 Å². The summed E-state index contributed by atoms with van der Waals surface area (Å²) >= 11 is 0. The average Bonchev–Trinajstić information content (AvgIpc) is 3.36. The van der Waals surface area contributed by atoms with E-state index in [1.165, 1.54) is 0 Å². The number of carbonyl (C=O) groups excluding carboxylic acids is 1. The number of rotatable bonds is 9. The van der Waals surface area contributed by atoms with Crippen LogP contribution in [0.25, 0.3) is 5.69 Å². The summed E-state index contributed by atoms with van der Waals surface area (Å²) in [5, 5.41) is 0. The number of hydrogen-bond donors (Lipinski definition) is 0. The molecule has 1 aliphatic rings. The van der Waals surface area contributed by atoms with E-state index in [0.717, 1.165) is 54.9 Å². The molecule has 0 N–H and O–H groups in total. The van der Waals surface area contributed by atoms with Gasteiger partial charge in [-0.3, -0.25) is 13.9 Å². The van der Waals surface area contributed by atoms with E-state index >= 15 is 0 Å². The lowest BCUT2D eigenvalue weighted by Gasteiger charge is -2.36. The molecule has 1 saturated heterocycles. The Morgan fingerprint density at radius 3 is 2.00 bits per heavy atom. The molecule has 1 fully saturated rings. The van der Waals surface area contributed by atoms with Gasteiger partial charge in [0, 0.05) is 31.2 Å². The molecule has 6 heteroatoms. The predicted molar refractivity (Wildman–Crippen MR) is 156 cm³/mol. The minimum absolute atomic E-state index is 0.00911. The summed E-state index contributed by atoms with van der Waals surface area (Å²) in [7, 11) is 0. The van der Waals surface area contributed by atoms with E-state index in [1.54, 1.807) is 4.57 Å². The maximum Gasteiger partial charge on any atom is 0.333 e. The van der Waals surface area contributed by atoms with Gasteiger partial charge < -0.3 is 9.64 Å². The maximum absolute atomic E-state index is 13.3. The quantitative estimate of drug-likeness (QED) is 0.245. The van der Waals surface area contributed by atoms with Crippen molar-refractivity contribution < 1.29 is 9.53 Å². The zero-order chi connectivity index (χ0) is 27.2. The summed E-state index contributed by atoms with van der Waals surface area (Å²) in [6, 6.07) is 28.4. The third-order valence-electron chi connectivity index (χ3n) is 7.91. The van der Waals surface area contributed by atoms with Gasteiger partial charge in [-0.1, -0.05) is 67.6 Å². The van der Waals surface area contributed by atoms with Crippen LogP contribution in [0.5, 0.6) is 0 Å². The molecule has 39 heavy (non-hydrogen) atoms. The van der Waals surface area contributed by atoms with E-state index in [-0.39, 0.29) is 29.5 Å². The number of carbonyl (C=O) groups is 1. The molecule has 3 aromatic carbocycles. The zero-order valence-corrected chi connectivity index (χ0v) is 22.8. The molecule has 0 spiro atoms. The van der Waals surface area contributed by atoms with Crippen molar-refractivity contribution in [3.05, 3.63) is 119 Å². The van der Waals surface area contributed by atoms with E-state index in [9.17, 15) is 9.59 Å². The number of piperidine rings is 1. The topological polar surface area (TPSA) is 56.5 Å². The normalized spacial score (nSPS) is 15.6. The number of imidazole rings is 1. The van der Waals surface area contributed by atoms with Crippen molar-refractivity contribution in [1.82, 2.24) is 9.13 Å². The van der Waals surface area contributed by atoms with Crippen LogP contribution in [0.15, 0.2) is 102 Å². The lowest BCUT2D eigenvalue weighted by Crippen LogP contribution is -2.37. The molecule has 4 aromatic rings. The standard InChI is InChI=1S/C33H37N3O3/c1-3-30(25-11-7-5-8-12-25)36-24-23-35(33(36)38)29-17-15-28(16-18-29)34-21-19-27(20-22-34)31(32(37)39-4-2)26-13-9-6-10-14-26/h5-18,23-24,27,30-31H,3-4,19-22H2,1-2H3.